The molecule has 0 saturated heterocycles. The summed E-state index contributed by atoms with van der Waals surface area (Å²) in [6, 6.07) is 33.8. The smallest absolute Gasteiger partial charge is 0.289 e. The lowest BCUT2D eigenvalue weighted by molar-refractivity contribution is -0.0496. The first-order valence-corrected chi connectivity index (χ1v) is 17.3. The van der Waals surface area contributed by atoms with Gasteiger partial charge in [-0.15, -0.1) is 0 Å². The highest BCUT2D eigenvalue weighted by Crippen LogP contribution is 2.70. The Morgan fingerprint density at radius 1 is 0.636 bits per heavy atom. The molecule has 44 heavy (non-hydrogen) atoms. The molecule has 0 N–H and O–H groups in total. The summed E-state index contributed by atoms with van der Waals surface area (Å²) in [6.45, 7) is 0. The number of carbonyl (C=O) groups is 1. The van der Waals surface area contributed by atoms with Gasteiger partial charge in [0.25, 0.3) is 0 Å². The molecule has 0 radical (unpaired) electrons. The summed E-state index contributed by atoms with van der Waals surface area (Å²) in [6.07, 6.45) is 0. The molecule has 0 aliphatic carbocycles. The summed E-state index contributed by atoms with van der Waals surface area (Å²) in [5.41, 5.74) is -4.68. The fraction of sp³-hybridized carbons (Fsp3) is 0.0312. The van der Waals surface area contributed by atoms with Crippen LogP contribution in [0.4, 0.5) is 13.2 Å². The molecule has 0 heterocycles. The Kier molecular flexibility index (Phi) is 9.50. The van der Waals surface area contributed by atoms with Gasteiger partial charge in [-0.05, 0) is 95.2 Å². The van der Waals surface area contributed by atoms with Gasteiger partial charge in [-0.25, -0.2) is 0 Å². The molecule has 0 fully saturated rings. The van der Waals surface area contributed by atoms with Crippen molar-refractivity contribution in [1.82, 2.24) is 0 Å². The van der Waals surface area contributed by atoms with Crippen LogP contribution in [0.5, 0.6) is 0 Å². The largest absolute Gasteiger partial charge is 0.524 e. The van der Waals surface area contributed by atoms with Gasteiger partial charge in [-0.2, -0.15) is 25.2 Å². The monoisotopic (exact) mass is 692 g/mol. The van der Waals surface area contributed by atoms with Gasteiger partial charge in [0.15, 0.2) is 5.78 Å². The van der Waals surface area contributed by atoms with Crippen LogP contribution in [0.25, 0.3) is 0 Å². The van der Waals surface area contributed by atoms with E-state index in [1.807, 2.05) is 6.07 Å². The first kappa shape index (κ1) is 32.2. The van der Waals surface area contributed by atoms with Crippen LogP contribution in [0.2, 0.25) is 10.0 Å². The summed E-state index contributed by atoms with van der Waals surface area (Å²) in [5.74, 6) is -0.162. The SMILES string of the molecule is O=C(c1ccccc1)c1ccccc1Sc1ccc(S(OS(=O)(=O)C(F)(F)F)(c2ccc(Cl)cc2)c2ccc(Cl)cc2)cc1. The minimum absolute atomic E-state index is 0.162. The zero-order valence-corrected chi connectivity index (χ0v) is 26.3. The van der Waals surface area contributed by atoms with Gasteiger partial charge in [0.2, 0.25) is 0 Å². The Balaban J connectivity index is 1.62. The van der Waals surface area contributed by atoms with Crippen molar-refractivity contribution in [3.8, 4) is 0 Å². The third-order valence-corrected chi connectivity index (χ3v) is 12.8. The summed E-state index contributed by atoms with van der Waals surface area (Å²) in [4.78, 5) is 15.0. The molecule has 0 aliphatic heterocycles. The zero-order chi connectivity index (χ0) is 31.5. The number of benzene rings is 5. The Hall–Kier alpha value is -3.25. The Morgan fingerprint density at radius 2 is 1.09 bits per heavy atom. The maximum absolute atomic E-state index is 13.8. The molecule has 0 amide bonds. The molecule has 12 heteroatoms. The molecule has 5 aromatic carbocycles. The second-order valence-corrected chi connectivity index (χ2v) is 15.6. The summed E-state index contributed by atoms with van der Waals surface area (Å²) >= 11 is 13.4. The predicted octanol–water partition coefficient (Wildman–Crippen LogP) is 10.4. The van der Waals surface area contributed by atoms with E-state index in [0.29, 0.717) is 31.0 Å². The van der Waals surface area contributed by atoms with E-state index in [2.05, 4.69) is 0 Å². The molecule has 0 aromatic heterocycles. The quantitative estimate of drug-likeness (QED) is 0.114. The lowest BCUT2D eigenvalue weighted by Gasteiger charge is -2.39. The van der Waals surface area contributed by atoms with E-state index >= 15 is 0 Å². The molecule has 0 saturated carbocycles. The number of ketones is 1. The minimum atomic E-state index is -6.09. The Labute approximate surface area is 268 Å². The molecule has 0 aliphatic rings. The third kappa shape index (κ3) is 6.71. The summed E-state index contributed by atoms with van der Waals surface area (Å²) in [7, 11) is -9.63. The first-order chi connectivity index (χ1) is 20.9. The number of rotatable bonds is 9. The van der Waals surface area contributed by atoms with Gasteiger partial charge in [0.05, 0.1) is 0 Å². The number of alkyl halides is 3. The summed E-state index contributed by atoms with van der Waals surface area (Å²) in [5, 5.41) is 0.597. The molecule has 4 nitrogen and oxygen atoms in total. The van der Waals surface area contributed by atoms with E-state index in [4.69, 9.17) is 26.8 Å². The van der Waals surface area contributed by atoms with Gasteiger partial charge >= 0.3 is 15.6 Å². The van der Waals surface area contributed by atoms with Crippen molar-refractivity contribution < 1.29 is 30.0 Å². The second kappa shape index (κ2) is 13.0. The minimum Gasteiger partial charge on any atom is -0.289 e. The Morgan fingerprint density at radius 3 is 1.59 bits per heavy atom. The van der Waals surface area contributed by atoms with Crippen LogP contribution >= 0.6 is 45.3 Å². The fourth-order valence-electron chi connectivity index (χ4n) is 4.27. The summed E-state index contributed by atoms with van der Waals surface area (Å²) < 4.78 is 71.9. The van der Waals surface area contributed by atoms with Gasteiger partial charge in [0.1, 0.15) is 0 Å². The van der Waals surface area contributed by atoms with E-state index in [1.54, 1.807) is 60.7 Å². The Bertz CT molecular complexity index is 1840. The molecular formula is C32H21Cl2F3O4S3. The predicted molar refractivity (Wildman–Crippen MR) is 168 cm³/mol. The third-order valence-electron chi connectivity index (χ3n) is 6.32. The van der Waals surface area contributed by atoms with Crippen LogP contribution in [-0.4, -0.2) is 19.7 Å². The molecule has 226 valence electrons. The van der Waals surface area contributed by atoms with Gasteiger partial charge in [-0.1, -0.05) is 77.4 Å². The van der Waals surface area contributed by atoms with Gasteiger partial charge < -0.3 is 0 Å². The number of halogens is 5. The maximum atomic E-state index is 13.8. The van der Waals surface area contributed by atoms with Crippen molar-refractivity contribution in [3.63, 3.8) is 0 Å². The highest BCUT2D eigenvalue weighted by Gasteiger charge is 2.52. The first-order valence-electron chi connectivity index (χ1n) is 12.7. The molecule has 0 unspecified atom stereocenters. The van der Waals surface area contributed by atoms with Gasteiger partial charge in [0, 0.05) is 45.6 Å². The standard InChI is InChI=1S/C32H21Cl2F3O4S3/c33-23-10-16-26(17-11-23)43(27-18-12-24(34)13-19-27,41-44(39,40)32(35,36)37)28-20-14-25(15-21-28)42-30-9-5-4-8-29(30)31(38)22-6-2-1-3-7-22/h1-21H. The molecule has 5 aromatic rings. The average molecular weight is 694 g/mol. The second-order valence-electron chi connectivity index (χ2n) is 9.20. The van der Waals surface area contributed by atoms with Crippen molar-refractivity contribution in [3.05, 3.63) is 149 Å². The molecule has 0 atom stereocenters. The van der Waals surface area contributed by atoms with Crippen molar-refractivity contribution in [2.24, 2.45) is 0 Å². The van der Waals surface area contributed by atoms with Crippen molar-refractivity contribution >= 4 is 61.2 Å². The normalized spacial score (nSPS) is 12.6. The van der Waals surface area contributed by atoms with Crippen LogP contribution in [0, 0.1) is 0 Å². The number of hydrogen-bond acceptors (Lipinski definition) is 5. The van der Waals surface area contributed by atoms with E-state index in [0.717, 1.165) is 0 Å². The van der Waals surface area contributed by atoms with Crippen LogP contribution < -0.4 is 0 Å². The van der Waals surface area contributed by atoms with Crippen molar-refractivity contribution in [2.45, 2.75) is 30.0 Å². The molecule has 0 bridgehead atoms. The van der Waals surface area contributed by atoms with E-state index in [9.17, 15) is 26.4 Å². The lowest BCUT2D eigenvalue weighted by atomic mass is 10.0. The molecule has 0 spiro atoms. The van der Waals surface area contributed by atoms with E-state index in [-0.39, 0.29) is 20.5 Å². The zero-order valence-electron chi connectivity index (χ0n) is 22.4. The van der Waals surface area contributed by atoms with Gasteiger partial charge in [-0.3, -0.25) is 4.79 Å². The average Bonchev–Trinajstić information content (AvgIpc) is 3.01. The van der Waals surface area contributed by atoms with Crippen LogP contribution in [0.15, 0.2) is 152 Å². The van der Waals surface area contributed by atoms with Crippen LogP contribution in [0.1, 0.15) is 15.9 Å². The number of hydrogen-bond donors (Lipinski definition) is 0. The highest BCUT2D eigenvalue weighted by atomic mass is 35.5. The van der Waals surface area contributed by atoms with Crippen molar-refractivity contribution in [1.29, 1.82) is 0 Å². The maximum Gasteiger partial charge on any atom is 0.524 e. The van der Waals surface area contributed by atoms with E-state index in [1.165, 1.54) is 72.4 Å². The van der Waals surface area contributed by atoms with Crippen LogP contribution in [0.3, 0.4) is 0 Å². The molecular weight excluding hydrogens is 672 g/mol. The van der Waals surface area contributed by atoms with Crippen molar-refractivity contribution in [2.75, 3.05) is 0 Å². The number of carbonyl (C=O) groups excluding carboxylic acids is 1. The van der Waals surface area contributed by atoms with E-state index < -0.39 is 25.9 Å². The lowest BCUT2D eigenvalue weighted by Crippen LogP contribution is -2.27. The van der Waals surface area contributed by atoms with Crippen LogP contribution in [-0.2, 0) is 13.7 Å². The molecule has 5 rings (SSSR count). The fourth-order valence-corrected chi connectivity index (χ4v) is 10.2. The highest BCUT2D eigenvalue weighted by molar-refractivity contribution is 8.33. The topological polar surface area (TPSA) is 60.4 Å².